The fourth-order valence-corrected chi connectivity index (χ4v) is 2.55. The Balaban J connectivity index is 4.33. The lowest BCUT2D eigenvalue weighted by Crippen LogP contribution is -2.33. The smallest absolute Gasteiger partial charge is 0.133 e. The van der Waals surface area contributed by atoms with Crippen LogP contribution in [-0.2, 0) is 9.09 Å². The molecule has 0 saturated carbocycles. The van der Waals surface area contributed by atoms with Crippen LogP contribution in [0.3, 0.4) is 0 Å². The zero-order valence-electron chi connectivity index (χ0n) is 6.88. The molecule has 0 aromatic rings. The second-order valence-electron chi connectivity index (χ2n) is 2.52. The van der Waals surface area contributed by atoms with Gasteiger partial charge in [0.05, 0.1) is 5.88 Å². The molecule has 1 N–H and O–H groups in total. The lowest BCUT2D eigenvalue weighted by atomic mass is 10.0. The molecule has 3 nitrogen and oxygen atoms in total. The summed E-state index contributed by atoms with van der Waals surface area (Å²) in [4.78, 5) is 8.61. The largest absolute Gasteiger partial charge is 0.695 e. The Morgan fingerprint density at radius 3 is 1.92 bits per heavy atom. The van der Waals surface area contributed by atoms with Crippen LogP contribution < -0.4 is 0 Å². The number of alkyl halides is 3. The minimum atomic E-state index is -2.67. The van der Waals surface area contributed by atoms with Gasteiger partial charge in [0.25, 0.3) is 0 Å². The van der Waals surface area contributed by atoms with Crippen molar-refractivity contribution >= 4 is 43.1 Å². The highest BCUT2D eigenvalue weighted by Gasteiger charge is 2.38. The quantitative estimate of drug-likeness (QED) is 0.570. The van der Waals surface area contributed by atoms with E-state index in [1.807, 2.05) is 0 Å². The van der Waals surface area contributed by atoms with Gasteiger partial charge < -0.3 is 0 Å². The summed E-state index contributed by atoms with van der Waals surface area (Å²) >= 11 is 16.7. The average molecular weight is 268 g/mol. The summed E-state index contributed by atoms with van der Waals surface area (Å²) in [5, 5.41) is 0. The van der Waals surface area contributed by atoms with Gasteiger partial charge in [-0.2, -0.15) is 0 Å². The first-order valence-electron chi connectivity index (χ1n) is 3.63. The van der Waals surface area contributed by atoms with Gasteiger partial charge in [-0.25, -0.2) is 0 Å². The maximum atomic E-state index is 10.5. The molecular formula is C6H11Cl3O3P+. The molecule has 0 aromatic carbocycles. The molecule has 0 aromatic heterocycles. The van der Waals surface area contributed by atoms with E-state index in [9.17, 15) is 4.57 Å². The summed E-state index contributed by atoms with van der Waals surface area (Å²) in [5.74, 6) is 0.730. The first-order valence-corrected chi connectivity index (χ1v) is 6.37. The molecule has 0 amide bonds. The van der Waals surface area contributed by atoms with Crippen LogP contribution in [0, 0.1) is 0 Å². The van der Waals surface area contributed by atoms with Crippen LogP contribution in [0.15, 0.2) is 0 Å². The molecule has 0 saturated heterocycles. The number of hydrogen-bond donors (Lipinski definition) is 1. The lowest BCUT2D eigenvalue weighted by molar-refractivity contribution is 0.0811. The number of rotatable bonds is 7. The third kappa shape index (κ3) is 5.36. The first-order chi connectivity index (χ1) is 6.10. The van der Waals surface area contributed by atoms with Crippen LogP contribution in [0.25, 0.3) is 0 Å². The van der Waals surface area contributed by atoms with Crippen LogP contribution in [0.2, 0.25) is 0 Å². The zero-order valence-corrected chi connectivity index (χ0v) is 10.0. The Morgan fingerprint density at radius 2 is 1.69 bits per heavy atom. The fraction of sp³-hybridized carbons (Fsp3) is 1.00. The van der Waals surface area contributed by atoms with E-state index < -0.39 is 13.9 Å². The Hall–Kier alpha value is 0.890. The van der Waals surface area contributed by atoms with Crippen molar-refractivity contribution in [3.8, 4) is 0 Å². The molecular weight excluding hydrogens is 257 g/mol. The van der Waals surface area contributed by atoms with Crippen molar-refractivity contribution in [3.63, 3.8) is 0 Å². The van der Waals surface area contributed by atoms with Crippen molar-refractivity contribution in [1.82, 2.24) is 0 Å². The maximum Gasteiger partial charge on any atom is 0.695 e. The van der Waals surface area contributed by atoms with E-state index in [-0.39, 0.29) is 5.88 Å². The fourth-order valence-electron chi connectivity index (χ4n) is 0.884. The Kier molecular flexibility index (Phi) is 7.71. The predicted molar refractivity (Wildman–Crippen MR) is 55.0 cm³/mol. The molecule has 0 aliphatic carbocycles. The molecule has 0 aliphatic rings. The molecule has 0 spiro atoms. The summed E-state index contributed by atoms with van der Waals surface area (Å²) in [5.41, 5.74) is -0.868. The van der Waals surface area contributed by atoms with Crippen molar-refractivity contribution < 1.29 is 14.0 Å². The number of hydrogen-bond acceptors (Lipinski definition) is 2. The molecule has 13 heavy (non-hydrogen) atoms. The van der Waals surface area contributed by atoms with Gasteiger partial charge in [0.1, 0.15) is 5.60 Å². The molecule has 1 unspecified atom stereocenters. The summed E-state index contributed by atoms with van der Waals surface area (Å²) < 4.78 is 15.3. The van der Waals surface area contributed by atoms with E-state index in [1.54, 1.807) is 0 Å². The van der Waals surface area contributed by atoms with E-state index in [4.69, 9.17) is 44.2 Å². The summed E-state index contributed by atoms with van der Waals surface area (Å²) in [6.07, 6.45) is 0.818. The van der Waals surface area contributed by atoms with Gasteiger partial charge >= 0.3 is 8.25 Å². The molecule has 1 atom stereocenters. The Labute approximate surface area is 93.3 Å². The maximum absolute atomic E-state index is 10.5. The van der Waals surface area contributed by atoms with Gasteiger partial charge in [-0.05, 0) is 12.8 Å². The standard InChI is InChI=1S/C6H10Cl3O3P/c7-3-1-6(5-9,2-4-8)12-13(10)11/h1-5H2/p+1. The van der Waals surface area contributed by atoms with Crippen molar-refractivity contribution in [2.24, 2.45) is 0 Å². The van der Waals surface area contributed by atoms with Crippen LogP contribution in [0.4, 0.5) is 0 Å². The van der Waals surface area contributed by atoms with Gasteiger partial charge in [0.2, 0.25) is 0 Å². The Morgan fingerprint density at radius 1 is 1.23 bits per heavy atom. The average Bonchev–Trinajstić information content (AvgIpc) is 2.04. The van der Waals surface area contributed by atoms with E-state index in [2.05, 4.69) is 0 Å². The van der Waals surface area contributed by atoms with E-state index in [0.29, 0.717) is 24.6 Å². The van der Waals surface area contributed by atoms with Crippen LogP contribution in [0.5, 0.6) is 0 Å². The molecule has 78 valence electrons. The van der Waals surface area contributed by atoms with E-state index in [0.717, 1.165) is 0 Å². The van der Waals surface area contributed by atoms with Crippen LogP contribution >= 0.6 is 43.1 Å². The highest BCUT2D eigenvalue weighted by molar-refractivity contribution is 7.32. The molecule has 0 aliphatic heterocycles. The van der Waals surface area contributed by atoms with Gasteiger partial charge in [0.15, 0.2) is 0 Å². The molecule has 7 heteroatoms. The zero-order chi connectivity index (χ0) is 10.3. The van der Waals surface area contributed by atoms with Crippen molar-refractivity contribution in [1.29, 1.82) is 0 Å². The minimum absolute atomic E-state index is 0.105. The summed E-state index contributed by atoms with van der Waals surface area (Å²) in [6, 6.07) is 0. The molecule has 0 radical (unpaired) electrons. The highest BCUT2D eigenvalue weighted by Crippen LogP contribution is 2.33. The van der Waals surface area contributed by atoms with E-state index >= 15 is 0 Å². The van der Waals surface area contributed by atoms with Crippen LogP contribution in [0.1, 0.15) is 12.8 Å². The van der Waals surface area contributed by atoms with Crippen molar-refractivity contribution in [3.05, 3.63) is 0 Å². The summed E-state index contributed by atoms with van der Waals surface area (Å²) in [6.45, 7) is 0. The third-order valence-corrected chi connectivity index (χ3v) is 3.02. The predicted octanol–water partition coefficient (Wildman–Crippen LogP) is 2.89. The lowest BCUT2D eigenvalue weighted by Gasteiger charge is -2.22. The van der Waals surface area contributed by atoms with Gasteiger partial charge in [-0.1, -0.05) is 0 Å². The van der Waals surface area contributed by atoms with Crippen LogP contribution in [-0.4, -0.2) is 28.1 Å². The molecule has 0 bridgehead atoms. The SMILES string of the molecule is O=[P+](O)OC(CCl)(CCCl)CCCl. The monoisotopic (exact) mass is 267 g/mol. The topological polar surface area (TPSA) is 46.5 Å². The highest BCUT2D eigenvalue weighted by atomic mass is 35.5. The third-order valence-electron chi connectivity index (χ3n) is 1.62. The number of halogens is 3. The first kappa shape index (κ1) is 13.9. The van der Waals surface area contributed by atoms with Gasteiger partial charge in [-0.15, -0.1) is 44.2 Å². The summed E-state index contributed by atoms with van der Waals surface area (Å²) in [7, 11) is -2.67. The Bertz CT molecular complexity index is 161. The second kappa shape index (κ2) is 7.22. The van der Waals surface area contributed by atoms with E-state index in [1.165, 1.54) is 0 Å². The van der Waals surface area contributed by atoms with Crippen molar-refractivity contribution in [2.75, 3.05) is 17.6 Å². The molecule has 0 fully saturated rings. The van der Waals surface area contributed by atoms with Crippen molar-refractivity contribution in [2.45, 2.75) is 18.4 Å². The second-order valence-corrected chi connectivity index (χ2v) is 4.21. The van der Waals surface area contributed by atoms with Gasteiger partial charge in [0, 0.05) is 16.3 Å². The molecule has 0 rings (SSSR count). The minimum Gasteiger partial charge on any atom is -0.133 e. The van der Waals surface area contributed by atoms with Gasteiger partial charge in [-0.3, -0.25) is 0 Å². The normalized spacial score (nSPS) is 13.1. The molecule has 0 heterocycles.